The minimum absolute atomic E-state index is 0.221. The molecule has 2 heterocycles. The van der Waals surface area contributed by atoms with Gasteiger partial charge in [0.05, 0.1) is 12.9 Å². The molecule has 0 spiro atoms. The maximum Gasteiger partial charge on any atom is 0.316 e. The summed E-state index contributed by atoms with van der Waals surface area (Å²) in [6, 6.07) is 0. The Kier molecular flexibility index (Phi) is 4.71. The van der Waals surface area contributed by atoms with Crippen LogP contribution in [0.5, 0.6) is 0 Å². The Morgan fingerprint density at radius 1 is 1.33 bits per heavy atom. The molecule has 0 radical (unpaired) electrons. The number of carbonyl (C=O) groups excluding carboxylic acids is 1. The van der Waals surface area contributed by atoms with Crippen LogP contribution < -0.4 is 0 Å². The standard InChI is InChI=1S/C14H16N2O2S3/c1-18-10(17)7-20-12-11-8-5-3-4-6-9(8)21-13(11)16-14(15-12)19-2/h3-7H2,1-2H3. The largest absolute Gasteiger partial charge is 0.468 e. The van der Waals surface area contributed by atoms with Crippen molar-refractivity contribution >= 4 is 51.0 Å². The van der Waals surface area contributed by atoms with Crippen molar-refractivity contribution in [1.82, 2.24) is 9.97 Å². The highest BCUT2D eigenvalue weighted by atomic mass is 32.2. The maximum atomic E-state index is 11.4. The van der Waals surface area contributed by atoms with Crippen LogP contribution in [0.4, 0.5) is 0 Å². The van der Waals surface area contributed by atoms with Crippen LogP contribution in [0.25, 0.3) is 10.2 Å². The van der Waals surface area contributed by atoms with E-state index in [0.29, 0.717) is 5.75 Å². The second kappa shape index (κ2) is 6.54. The number of thioether (sulfide) groups is 2. The van der Waals surface area contributed by atoms with Gasteiger partial charge in [0.1, 0.15) is 9.86 Å². The van der Waals surface area contributed by atoms with Crippen LogP contribution in [0.1, 0.15) is 23.3 Å². The van der Waals surface area contributed by atoms with Crippen LogP contribution in [0.2, 0.25) is 0 Å². The minimum Gasteiger partial charge on any atom is -0.468 e. The van der Waals surface area contributed by atoms with E-state index in [1.807, 2.05) is 6.26 Å². The molecule has 0 fully saturated rings. The fourth-order valence-electron chi connectivity index (χ4n) is 2.49. The number of methoxy groups -OCH3 is 1. The highest BCUT2D eigenvalue weighted by Gasteiger charge is 2.21. The van der Waals surface area contributed by atoms with Crippen LogP contribution in [0, 0.1) is 0 Å². The van der Waals surface area contributed by atoms with Gasteiger partial charge in [0.25, 0.3) is 0 Å². The lowest BCUT2D eigenvalue weighted by Gasteiger charge is -2.11. The summed E-state index contributed by atoms with van der Waals surface area (Å²) in [6.45, 7) is 0. The molecular weight excluding hydrogens is 324 g/mol. The van der Waals surface area contributed by atoms with Crippen molar-refractivity contribution < 1.29 is 9.53 Å². The van der Waals surface area contributed by atoms with Gasteiger partial charge in [-0.3, -0.25) is 4.79 Å². The molecule has 21 heavy (non-hydrogen) atoms. The van der Waals surface area contributed by atoms with Crippen LogP contribution in [0.15, 0.2) is 10.2 Å². The fourth-order valence-corrected chi connectivity index (χ4v) is 5.18. The van der Waals surface area contributed by atoms with Gasteiger partial charge in [-0.1, -0.05) is 23.5 Å². The molecule has 0 aliphatic heterocycles. The predicted octanol–water partition coefficient (Wildman–Crippen LogP) is 3.56. The first kappa shape index (κ1) is 15.1. The van der Waals surface area contributed by atoms with E-state index in [1.54, 1.807) is 11.3 Å². The molecule has 0 amide bonds. The minimum atomic E-state index is -0.221. The number of nitrogens with zero attached hydrogens (tertiary/aromatic N) is 2. The van der Waals surface area contributed by atoms with E-state index in [1.165, 1.54) is 59.3 Å². The number of rotatable bonds is 4. The van der Waals surface area contributed by atoms with Crippen molar-refractivity contribution in [3.05, 3.63) is 10.4 Å². The first-order valence-electron chi connectivity index (χ1n) is 6.79. The molecule has 2 aromatic rings. The van der Waals surface area contributed by atoms with E-state index in [4.69, 9.17) is 4.74 Å². The number of fused-ring (bicyclic) bond motifs is 3. The van der Waals surface area contributed by atoms with Gasteiger partial charge in [0.2, 0.25) is 0 Å². The summed E-state index contributed by atoms with van der Waals surface area (Å²) in [5, 5.41) is 2.86. The molecule has 4 nitrogen and oxygen atoms in total. The molecule has 112 valence electrons. The molecule has 0 unspecified atom stereocenters. The highest BCUT2D eigenvalue weighted by molar-refractivity contribution is 8.00. The van der Waals surface area contributed by atoms with Crippen LogP contribution in [-0.4, -0.2) is 35.1 Å². The van der Waals surface area contributed by atoms with Crippen molar-refractivity contribution in [1.29, 1.82) is 0 Å². The number of thiophene rings is 1. The van der Waals surface area contributed by atoms with Crippen molar-refractivity contribution in [3.63, 3.8) is 0 Å². The number of hydrogen-bond acceptors (Lipinski definition) is 7. The summed E-state index contributed by atoms with van der Waals surface area (Å²) >= 11 is 4.79. The third-order valence-corrected chi connectivity index (χ3v) is 6.18. The average molecular weight is 340 g/mol. The Labute approximate surface area is 136 Å². The van der Waals surface area contributed by atoms with Crippen molar-refractivity contribution in [2.45, 2.75) is 35.9 Å². The van der Waals surface area contributed by atoms with Crippen LogP contribution in [-0.2, 0) is 22.4 Å². The Morgan fingerprint density at radius 3 is 2.90 bits per heavy atom. The average Bonchev–Trinajstić information content (AvgIpc) is 2.90. The van der Waals surface area contributed by atoms with Gasteiger partial charge in [-0.2, -0.15) is 0 Å². The summed E-state index contributed by atoms with van der Waals surface area (Å²) in [4.78, 5) is 23.2. The number of aromatic nitrogens is 2. The number of carbonyl (C=O) groups is 1. The van der Waals surface area contributed by atoms with Gasteiger partial charge in [-0.15, -0.1) is 11.3 Å². The predicted molar refractivity (Wildman–Crippen MR) is 88.6 cm³/mol. The van der Waals surface area contributed by atoms with Gasteiger partial charge in [0, 0.05) is 10.3 Å². The topological polar surface area (TPSA) is 52.1 Å². The third-order valence-electron chi connectivity index (χ3n) is 3.50. The first-order chi connectivity index (χ1) is 10.2. The molecule has 0 aromatic carbocycles. The zero-order valence-electron chi connectivity index (χ0n) is 12.0. The summed E-state index contributed by atoms with van der Waals surface area (Å²) in [7, 11) is 1.41. The summed E-state index contributed by atoms with van der Waals surface area (Å²) in [5.74, 6) is 0.0719. The van der Waals surface area contributed by atoms with E-state index in [0.717, 1.165) is 27.9 Å². The molecule has 0 bridgehead atoms. The Balaban J connectivity index is 2.06. The molecule has 1 aliphatic carbocycles. The van der Waals surface area contributed by atoms with Gasteiger partial charge in [-0.05, 0) is 37.5 Å². The maximum absolute atomic E-state index is 11.4. The number of aryl methyl sites for hydroxylation is 2. The quantitative estimate of drug-likeness (QED) is 0.367. The lowest BCUT2D eigenvalue weighted by molar-refractivity contribution is -0.137. The molecule has 0 atom stereocenters. The van der Waals surface area contributed by atoms with Gasteiger partial charge in [0.15, 0.2) is 5.16 Å². The van der Waals surface area contributed by atoms with Gasteiger partial charge in [-0.25, -0.2) is 9.97 Å². The number of esters is 1. The molecule has 2 aromatic heterocycles. The van der Waals surface area contributed by atoms with Gasteiger partial charge >= 0.3 is 5.97 Å². The lowest BCUT2D eigenvalue weighted by atomic mass is 9.97. The van der Waals surface area contributed by atoms with Crippen molar-refractivity contribution in [2.24, 2.45) is 0 Å². The van der Waals surface area contributed by atoms with Crippen LogP contribution in [0.3, 0.4) is 0 Å². The van der Waals surface area contributed by atoms with E-state index < -0.39 is 0 Å². The molecule has 0 N–H and O–H groups in total. The molecule has 0 saturated heterocycles. The fraction of sp³-hybridized carbons (Fsp3) is 0.500. The molecule has 3 rings (SSSR count). The van der Waals surface area contributed by atoms with Gasteiger partial charge < -0.3 is 4.74 Å². The summed E-state index contributed by atoms with van der Waals surface area (Å²) in [6.07, 6.45) is 6.70. The Hall–Kier alpha value is -0.790. The second-order valence-corrected chi connectivity index (χ2v) is 7.59. The van der Waals surface area contributed by atoms with Crippen molar-refractivity contribution in [3.8, 4) is 0 Å². The van der Waals surface area contributed by atoms with E-state index in [2.05, 4.69) is 9.97 Å². The first-order valence-corrected chi connectivity index (χ1v) is 9.81. The molecule has 7 heteroatoms. The normalized spacial score (nSPS) is 14.2. The monoisotopic (exact) mass is 340 g/mol. The molecule has 1 aliphatic rings. The number of ether oxygens (including phenoxy) is 1. The summed E-state index contributed by atoms with van der Waals surface area (Å²) < 4.78 is 4.73. The smallest absolute Gasteiger partial charge is 0.316 e. The van der Waals surface area contributed by atoms with E-state index in [-0.39, 0.29) is 5.97 Å². The molecular formula is C14H16N2O2S3. The van der Waals surface area contributed by atoms with Crippen LogP contribution >= 0.6 is 34.9 Å². The van der Waals surface area contributed by atoms with Crippen molar-refractivity contribution in [2.75, 3.05) is 19.1 Å². The molecule has 0 saturated carbocycles. The highest BCUT2D eigenvalue weighted by Crippen LogP contribution is 2.40. The SMILES string of the molecule is COC(=O)CSc1nc(SC)nc2sc3c(c12)CCCC3. The second-order valence-electron chi connectivity index (χ2n) is 4.77. The third kappa shape index (κ3) is 3.05. The Bertz CT molecular complexity index is 684. The lowest BCUT2D eigenvalue weighted by Crippen LogP contribution is -2.04. The Morgan fingerprint density at radius 2 is 2.14 bits per heavy atom. The zero-order valence-corrected chi connectivity index (χ0v) is 14.4. The van der Waals surface area contributed by atoms with E-state index in [9.17, 15) is 4.79 Å². The zero-order chi connectivity index (χ0) is 14.8. The number of hydrogen-bond donors (Lipinski definition) is 0. The van der Waals surface area contributed by atoms with E-state index >= 15 is 0 Å². The summed E-state index contributed by atoms with van der Waals surface area (Å²) in [5.41, 5.74) is 1.40.